The predicted molar refractivity (Wildman–Crippen MR) is 150 cm³/mol. The third-order valence-electron chi connectivity index (χ3n) is 6.61. The van der Waals surface area contributed by atoms with Gasteiger partial charge >= 0.3 is 5.97 Å². The number of hydrogen-bond acceptors (Lipinski definition) is 7. The number of fused-ring (bicyclic) bond motifs is 2. The van der Waals surface area contributed by atoms with Crippen molar-refractivity contribution in [3.8, 4) is 0 Å². The van der Waals surface area contributed by atoms with Crippen molar-refractivity contribution in [3.05, 3.63) is 71.7 Å². The molecule has 0 radical (unpaired) electrons. The standard InChI is InChI=1S/C31H37N3O6/c1-19(2)15-26(27(35)32-18-22-11-8-14-39-22)33-25(30(38)40-31(3,4)5)12-13-34-28(36)23-16-20-9-6-7-10-21(20)17-24(23)29(34)37/h6-11,14,16-17,19,25-26,33H,12-13,15,18H2,1-5H3,(H,32,35)/t25-,26+/m1/s1. The predicted octanol–water partition coefficient (Wildman–Crippen LogP) is 4.45. The number of furan rings is 1. The van der Waals surface area contributed by atoms with Crippen LogP contribution in [0.15, 0.2) is 59.2 Å². The van der Waals surface area contributed by atoms with Gasteiger partial charge in [-0.1, -0.05) is 38.1 Å². The van der Waals surface area contributed by atoms with Gasteiger partial charge in [0.25, 0.3) is 11.8 Å². The van der Waals surface area contributed by atoms with E-state index in [1.54, 1.807) is 45.0 Å². The van der Waals surface area contributed by atoms with Gasteiger partial charge in [-0.15, -0.1) is 0 Å². The molecule has 0 spiro atoms. The SMILES string of the molecule is CC(C)C[C@H](N[C@H](CCN1C(=O)c2cc3ccccc3cc2C1=O)C(=O)OC(C)(C)C)C(=O)NCc1ccco1. The lowest BCUT2D eigenvalue weighted by molar-refractivity contribution is -0.158. The molecule has 2 heterocycles. The van der Waals surface area contributed by atoms with Gasteiger partial charge in [0.15, 0.2) is 0 Å². The number of imide groups is 1. The number of carbonyl (C=O) groups is 4. The van der Waals surface area contributed by atoms with Crippen LogP contribution in [0.25, 0.3) is 10.8 Å². The summed E-state index contributed by atoms with van der Waals surface area (Å²) in [5.74, 6) is -0.879. The van der Waals surface area contributed by atoms with Crippen molar-refractivity contribution in [1.29, 1.82) is 0 Å². The van der Waals surface area contributed by atoms with Gasteiger partial charge in [-0.2, -0.15) is 0 Å². The van der Waals surface area contributed by atoms with Crippen molar-refractivity contribution in [2.45, 2.75) is 71.7 Å². The van der Waals surface area contributed by atoms with Crippen LogP contribution >= 0.6 is 0 Å². The normalized spacial score (nSPS) is 14.9. The van der Waals surface area contributed by atoms with E-state index in [0.717, 1.165) is 15.7 Å². The third kappa shape index (κ3) is 6.96. The summed E-state index contributed by atoms with van der Waals surface area (Å²) in [5.41, 5.74) is -0.0669. The Kier molecular flexibility index (Phi) is 8.73. The van der Waals surface area contributed by atoms with Gasteiger partial charge in [-0.25, -0.2) is 0 Å². The zero-order valence-electron chi connectivity index (χ0n) is 23.7. The Balaban J connectivity index is 1.51. The van der Waals surface area contributed by atoms with Gasteiger partial charge in [-0.3, -0.25) is 29.4 Å². The van der Waals surface area contributed by atoms with E-state index in [0.29, 0.717) is 23.3 Å². The number of rotatable bonds is 11. The zero-order chi connectivity index (χ0) is 29.0. The van der Waals surface area contributed by atoms with Gasteiger partial charge < -0.3 is 14.5 Å². The van der Waals surface area contributed by atoms with E-state index in [-0.39, 0.29) is 31.3 Å². The summed E-state index contributed by atoms with van der Waals surface area (Å²) in [6.07, 6.45) is 2.08. The van der Waals surface area contributed by atoms with Crippen LogP contribution in [-0.2, 0) is 20.9 Å². The molecule has 2 atom stereocenters. The average molecular weight is 548 g/mol. The molecule has 1 aromatic heterocycles. The number of amides is 3. The molecule has 0 fully saturated rings. The fraction of sp³-hybridized carbons (Fsp3) is 0.419. The molecule has 3 amide bonds. The number of nitrogens with one attached hydrogen (secondary N) is 2. The summed E-state index contributed by atoms with van der Waals surface area (Å²) in [6.45, 7) is 9.46. The minimum Gasteiger partial charge on any atom is -0.467 e. The third-order valence-corrected chi connectivity index (χ3v) is 6.61. The number of benzene rings is 2. The van der Waals surface area contributed by atoms with E-state index in [1.165, 1.54) is 6.26 Å². The van der Waals surface area contributed by atoms with Crippen LogP contribution in [0.4, 0.5) is 0 Å². The summed E-state index contributed by atoms with van der Waals surface area (Å²) in [5, 5.41) is 7.77. The Morgan fingerprint density at radius 1 is 0.950 bits per heavy atom. The van der Waals surface area contributed by atoms with E-state index >= 15 is 0 Å². The molecule has 2 N–H and O–H groups in total. The Bertz CT molecular complexity index is 1340. The van der Waals surface area contributed by atoms with Gasteiger partial charge in [-0.05, 0) is 74.6 Å². The van der Waals surface area contributed by atoms with E-state index in [4.69, 9.17) is 9.15 Å². The Labute approximate surface area is 234 Å². The second kappa shape index (κ2) is 12.0. The summed E-state index contributed by atoms with van der Waals surface area (Å²) in [7, 11) is 0. The summed E-state index contributed by atoms with van der Waals surface area (Å²) >= 11 is 0. The number of esters is 1. The first-order chi connectivity index (χ1) is 18.9. The van der Waals surface area contributed by atoms with Gasteiger partial charge in [0.05, 0.1) is 30.0 Å². The molecule has 0 saturated heterocycles. The molecule has 212 valence electrons. The van der Waals surface area contributed by atoms with E-state index < -0.39 is 35.5 Å². The number of hydrogen-bond donors (Lipinski definition) is 2. The molecule has 0 unspecified atom stereocenters. The molecule has 0 saturated carbocycles. The molecule has 0 aliphatic carbocycles. The fourth-order valence-corrected chi connectivity index (χ4v) is 4.76. The molecule has 0 bridgehead atoms. The lowest BCUT2D eigenvalue weighted by Crippen LogP contribution is -2.53. The minimum absolute atomic E-state index is 0.0119. The maximum atomic E-state index is 13.3. The monoisotopic (exact) mass is 547 g/mol. The van der Waals surface area contributed by atoms with Crippen molar-refractivity contribution in [2.75, 3.05) is 6.54 Å². The number of nitrogens with zero attached hydrogens (tertiary/aromatic N) is 1. The molecule has 9 nitrogen and oxygen atoms in total. The van der Waals surface area contributed by atoms with Crippen molar-refractivity contribution in [3.63, 3.8) is 0 Å². The summed E-state index contributed by atoms with van der Waals surface area (Å²) in [4.78, 5) is 54.1. The van der Waals surface area contributed by atoms with Crippen LogP contribution in [0.2, 0.25) is 0 Å². The first-order valence-electron chi connectivity index (χ1n) is 13.6. The van der Waals surface area contributed by atoms with Crippen LogP contribution < -0.4 is 10.6 Å². The molecular formula is C31H37N3O6. The van der Waals surface area contributed by atoms with Crippen molar-refractivity contribution in [1.82, 2.24) is 15.5 Å². The molecule has 2 aromatic carbocycles. The Morgan fingerprint density at radius 3 is 2.10 bits per heavy atom. The largest absolute Gasteiger partial charge is 0.467 e. The highest BCUT2D eigenvalue weighted by atomic mass is 16.6. The second-order valence-corrected chi connectivity index (χ2v) is 11.5. The highest BCUT2D eigenvalue weighted by Crippen LogP contribution is 2.28. The molecule has 40 heavy (non-hydrogen) atoms. The Morgan fingerprint density at radius 2 is 1.57 bits per heavy atom. The van der Waals surface area contributed by atoms with Crippen LogP contribution in [0.3, 0.4) is 0 Å². The number of ether oxygens (including phenoxy) is 1. The second-order valence-electron chi connectivity index (χ2n) is 11.5. The highest BCUT2D eigenvalue weighted by molar-refractivity contribution is 6.23. The topological polar surface area (TPSA) is 118 Å². The highest BCUT2D eigenvalue weighted by Gasteiger charge is 2.37. The van der Waals surface area contributed by atoms with Crippen LogP contribution in [-0.4, -0.2) is 52.8 Å². The van der Waals surface area contributed by atoms with E-state index in [2.05, 4.69) is 10.6 Å². The molecule has 3 aromatic rings. The van der Waals surface area contributed by atoms with Crippen LogP contribution in [0, 0.1) is 5.92 Å². The number of carbonyl (C=O) groups excluding carboxylic acids is 4. The smallest absolute Gasteiger partial charge is 0.323 e. The van der Waals surface area contributed by atoms with E-state index in [9.17, 15) is 19.2 Å². The van der Waals surface area contributed by atoms with Crippen molar-refractivity contribution in [2.24, 2.45) is 5.92 Å². The molecule has 1 aliphatic heterocycles. The fourth-order valence-electron chi connectivity index (χ4n) is 4.76. The van der Waals surface area contributed by atoms with E-state index in [1.807, 2.05) is 38.1 Å². The van der Waals surface area contributed by atoms with Gasteiger partial charge in [0, 0.05) is 6.54 Å². The molecular weight excluding hydrogens is 510 g/mol. The zero-order valence-corrected chi connectivity index (χ0v) is 23.7. The van der Waals surface area contributed by atoms with Crippen molar-refractivity contribution >= 4 is 34.5 Å². The maximum Gasteiger partial charge on any atom is 0.323 e. The van der Waals surface area contributed by atoms with Gasteiger partial charge in [0.1, 0.15) is 17.4 Å². The molecule has 1 aliphatic rings. The summed E-state index contributed by atoms with van der Waals surface area (Å²) in [6, 6.07) is 12.9. The van der Waals surface area contributed by atoms with Crippen molar-refractivity contribution < 1.29 is 28.3 Å². The average Bonchev–Trinajstić information content (AvgIpc) is 3.49. The molecule has 4 rings (SSSR count). The van der Waals surface area contributed by atoms with Gasteiger partial charge in [0.2, 0.25) is 5.91 Å². The first kappa shape index (κ1) is 29.0. The lowest BCUT2D eigenvalue weighted by atomic mass is 10.0. The quantitative estimate of drug-likeness (QED) is 0.269. The van der Waals surface area contributed by atoms with Crippen LogP contribution in [0.1, 0.15) is 73.9 Å². The summed E-state index contributed by atoms with van der Waals surface area (Å²) < 4.78 is 11.0. The first-order valence-corrected chi connectivity index (χ1v) is 13.6. The van der Waals surface area contributed by atoms with Crippen LogP contribution in [0.5, 0.6) is 0 Å². The Hall–Kier alpha value is -3.98. The lowest BCUT2D eigenvalue weighted by Gasteiger charge is -2.29. The minimum atomic E-state index is -0.930. The maximum absolute atomic E-state index is 13.3. The molecule has 9 heteroatoms.